The SMILES string of the molecule is O=C(Nc1ncnc2c1ncn2[C@H]1C[C@H](O)[C@@H](CNC(c2ccccc2)(c2ccccc2)c2ccccc2)O1)c1ccccc1. The van der Waals surface area contributed by atoms with Crippen molar-refractivity contribution in [3.63, 3.8) is 0 Å². The predicted octanol–water partition coefficient (Wildman–Crippen LogP) is 5.31. The molecule has 0 radical (unpaired) electrons. The Labute approximate surface area is 260 Å². The van der Waals surface area contributed by atoms with Gasteiger partial charge in [0.2, 0.25) is 0 Å². The molecular formula is C36H32N6O3. The molecule has 45 heavy (non-hydrogen) atoms. The topological polar surface area (TPSA) is 114 Å². The van der Waals surface area contributed by atoms with E-state index in [-0.39, 0.29) is 5.91 Å². The van der Waals surface area contributed by atoms with Gasteiger partial charge >= 0.3 is 0 Å². The molecule has 0 spiro atoms. The molecule has 0 unspecified atom stereocenters. The molecule has 9 nitrogen and oxygen atoms in total. The van der Waals surface area contributed by atoms with Gasteiger partial charge in [-0.05, 0) is 28.8 Å². The normalized spacial score (nSPS) is 18.2. The van der Waals surface area contributed by atoms with Gasteiger partial charge < -0.3 is 15.2 Å². The van der Waals surface area contributed by atoms with Crippen LogP contribution < -0.4 is 10.6 Å². The van der Waals surface area contributed by atoms with Gasteiger partial charge in [0.15, 0.2) is 17.0 Å². The molecule has 3 N–H and O–H groups in total. The molecule has 1 fully saturated rings. The lowest BCUT2D eigenvalue weighted by molar-refractivity contribution is -0.0178. The first kappa shape index (κ1) is 28.5. The lowest BCUT2D eigenvalue weighted by atomic mass is 9.77. The van der Waals surface area contributed by atoms with Gasteiger partial charge in [0.1, 0.15) is 12.6 Å². The van der Waals surface area contributed by atoms with E-state index in [1.165, 1.54) is 6.33 Å². The van der Waals surface area contributed by atoms with Crippen LogP contribution in [-0.4, -0.2) is 49.3 Å². The van der Waals surface area contributed by atoms with E-state index < -0.39 is 24.0 Å². The smallest absolute Gasteiger partial charge is 0.256 e. The number of benzene rings is 4. The van der Waals surface area contributed by atoms with Gasteiger partial charge in [0, 0.05) is 18.5 Å². The van der Waals surface area contributed by atoms with Gasteiger partial charge in [-0.3, -0.25) is 14.7 Å². The maximum atomic E-state index is 12.8. The van der Waals surface area contributed by atoms with Crippen LogP contribution in [-0.2, 0) is 10.3 Å². The molecule has 3 atom stereocenters. The van der Waals surface area contributed by atoms with Crippen molar-refractivity contribution in [2.24, 2.45) is 0 Å². The van der Waals surface area contributed by atoms with Crippen molar-refractivity contribution < 1.29 is 14.6 Å². The molecule has 1 aliphatic rings. The number of aliphatic hydroxyl groups is 1. The number of ether oxygens (including phenoxy) is 1. The molecule has 1 saturated heterocycles. The zero-order valence-electron chi connectivity index (χ0n) is 24.4. The van der Waals surface area contributed by atoms with Crippen molar-refractivity contribution >= 4 is 22.9 Å². The van der Waals surface area contributed by atoms with Crippen LogP contribution in [0.25, 0.3) is 11.2 Å². The number of anilines is 1. The molecule has 0 aliphatic carbocycles. The fourth-order valence-electron chi connectivity index (χ4n) is 6.12. The largest absolute Gasteiger partial charge is 0.390 e. The van der Waals surface area contributed by atoms with Crippen molar-refractivity contribution in [1.82, 2.24) is 24.8 Å². The molecule has 3 heterocycles. The second-order valence-corrected chi connectivity index (χ2v) is 11.0. The maximum absolute atomic E-state index is 12.8. The third-order valence-electron chi connectivity index (χ3n) is 8.33. The summed E-state index contributed by atoms with van der Waals surface area (Å²) >= 11 is 0. The molecule has 9 heteroatoms. The summed E-state index contributed by atoms with van der Waals surface area (Å²) in [5.41, 5.74) is 4.01. The number of nitrogens with one attached hydrogen (secondary N) is 2. The lowest BCUT2D eigenvalue weighted by Gasteiger charge is -2.38. The minimum atomic E-state index is -0.737. The highest BCUT2D eigenvalue weighted by atomic mass is 16.5. The summed E-state index contributed by atoms with van der Waals surface area (Å²) in [5.74, 6) is 0.0188. The number of fused-ring (bicyclic) bond motifs is 1. The third-order valence-corrected chi connectivity index (χ3v) is 8.33. The van der Waals surface area contributed by atoms with E-state index in [9.17, 15) is 9.90 Å². The summed E-state index contributed by atoms with van der Waals surface area (Å²) in [6.45, 7) is 0.371. The number of carbonyl (C=O) groups excluding carboxylic acids is 1. The minimum absolute atomic E-state index is 0.289. The van der Waals surface area contributed by atoms with Crippen LogP contribution in [0.3, 0.4) is 0 Å². The van der Waals surface area contributed by atoms with Crippen LogP contribution in [0, 0.1) is 0 Å². The summed E-state index contributed by atoms with van der Waals surface area (Å²) < 4.78 is 8.27. The standard InChI is InChI=1S/C36H32N6O3/c43-29-21-31(42-24-39-32-33(37-23-38-34(32)42)41-35(44)25-13-5-1-6-14-25)45-30(29)22-40-36(26-15-7-2-8-16-26,27-17-9-3-10-18-27)28-19-11-4-12-20-28/h1-20,23-24,29-31,40,43H,21-22H2,(H,37,38,41,44)/t29-,30+,31+/m0/s1. The fraction of sp³-hybridized carbons (Fsp3) is 0.167. The summed E-state index contributed by atoms with van der Waals surface area (Å²) in [6, 6.07) is 39.9. The molecule has 2 aromatic heterocycles. The van der Waals surface area contributed by atoms with Crippen LogP contribution in [0.1, 0.15) is 39.7 Å². The Morgan fingerprint density at radius 3 is 1.93 bits per heavy atom. The number of rotatable bonds is 9. The van der Waals surface area contributed by atoms with Crippen molar-refractivity contribution in [2.75, 3.05) is 11.9 Å². The monoisotopic (exact) mass is 596 g/mol. The van der Waals surface area contributed by atoms with Crippen molar-refractivity contribution in [3.8, 4) is 0 Å². The molecule has 4 aromatic carbocycles. The second kappa shape index (κ2) is 12.4. The minimum Gasteiger partial charge on any atom is -0.390 e. The molecule has 7 rings (SSSR count). The summed E-state index contributed by atoms with van der Waals surface area (Å²) in [4.78, 5) is 26.0. The van der Waals surface area contributed by atoms with E-state index in [0.717, 1.165) is 16.7 Å². The van der Waals surface area contributed by atoms with E-state index in [4.69, 9.17) is 4.74 Å². The van der Waals surface area contributed by atoms with Crippen molar-refractivity contribution in [2.45, 2.75) is 30.4 Å². The van der Waals surface area contributed by atoms with Crippen LogP contribution >= 0.6 is 0 Å². The number of amides is 1. The first-order chi connectivity index (χ1) is 22.1. The highest BCUT2D eigenvalue weighted by molar-refractivity contribution is 6.06. The highest BCUT2D eigenvalue weighted by Gasteiger charge is 2.40. The maximum Gasteiger partial charge on any atom is 0.256 e. The molecule has 0 bridgehead atoms. The fourth-order valence-corrected chi connectivity index (χ4v) is 6.12. The molecule has 0 saturated carbocycles. The summed E-state index contributed by atoms with van der Waals surface area (Å²) in [5, 5.41) is 17.9. The molecular weight excluding hydrogens is 564 g/mol. The zero-order valence-corrected chi connectivity index (χ0v) is 24.4. The average Bonchev–Trinajstić information content (AvgIpc) is 3.70. The summed E-state index contributed by atoms with van der Waals surface area (Å²) in [7, 11) is 0. The van der Waals surface area contributed by atoms with Gasteiger partial charge in [0.25, 0.3) is 5.91 Å². The Kier molecular flexibility index (Phi) is 7.87. The first-order valence-electron chi connectivity index (χ1n) is 14.9. The van der Waals surface area contributed by atoms with Gasteiger partial charge in [0.05, 0.1) is 24.1 Å². The van der Waals surface area contributed by atoms with E-state index in [0.29, 0.717) is 35.5 Å². The van der Waals surface area contributed by atoms with Crippen LogP contribution in [0.4, 0.5) is 5.82 Å². The van der Waals surface area contributed by atoms with Gasteiger partial charge in [-0.15, -0.1) is 0 Å². The second-order valence-electron chi connectivity index (χ2n) is 11.0. The lowest BCUT2D eigenvalue weighted by Crippen LogP contribution is -2.49. The zero-order chi connectivity index (χ0) is 30.6. The number of nitrogens with zero attached hydrogens (tertiary/aromatic N) is 4. The number of aliphatic hydroxyl groups excluding tert-OH is 1. The molecule has 224 valence electrons. The number of hydrogen-bond donors (Lipinski definition) is 3. The predicted molar refractivity (Wildman–Crippen MR) is 171 cm³/mol. The molecule has 1 aliphatic heterocycles. The number of aromatic nitrogens is 4. The van der Waals surface area contributed by atoms with Gasteiger partial charge in [-0.2, -0.15) is 0 Å². The van der Waals surface area contributed by atoms with Gasteiger partial charge in [-0.25, -0.2) is 15.0 Å². The van der Waals surface area contributed by atoms with Crippen LogP contribution in [0.15, 0.2) is 134 Å². The third kappa shape index (κ3) is 5.49. The highest BCUT2D eigenvalue weighted by Crippen LogP contribution is 2.38. The van der Waals surface area contributed by atoms with Crippen LogP contribution in [0.5, 0.6) is 0 Å². The Hall–Kier alpha value is -5.22. The number of imidazole rings is 1. The summed E-state index contributed by atoms with van der Waals surface area (Å²) in [6.07, 6.45) is 1.60. The van der Waals surface area contributed by atoms with Gasteiger partial charge in [-0.1, -0.05) is 109 Å². The quantitative estimate of drug-likeness (QED) is 0.194. The Bertz CT molecular complexity index is 1790. The first-order valence-corrected chi connectivity index (χ1v) is 14.9. The van der Waals surface area contributed by atoms with E-state index in [1.54, 1.807) is 35.2 Å². The van der Waals surface area contributed by atoms with E-state index in [2.05, 4.69) is 62.0 Å². The average molecular weight is 597 g/mol. The number of hydrogen-bond acceptors (Lipinski definition) is 7. The van der Waals surface area contributed by atoms with Crippen molar-refractivity contribution in [1.29, 1.82) is 0 Å². The number of carbonyl (C=O) groups is 1. The molecule has 6 aromatic rings. The van der Waals surface area contributed by atoms with Crippen molar-refractivity contribution in [3.05, 3.63) is 156 Å². The van der Waals surface area contributed by atoms with E-state index >= 15 is 0 Å². The Morgan fingerprint density at radius 2 is 1.36 bits per heavy atom. The Balaban J connectivity index is 1.16. The van der Waals surface area contributed by atoms with E-state index in [1.807, 2.05) is 60.7 Å². The molecule has 1 amide bonds. The van der Waals surface area contributed by atoms with Crippen LogP contribution in [0.2, 0.25) is 0 Å². The Morgan fingerprint density at radius 1 is 0.800 bits per heavy atom.